The maximum Gasteiger partial charge on any atom is 0.335 e. The van der Waals surface area contributed by atoms with Crippen molar-refractivity contribution in [3.05, 3.63) is 29.3 Å². The lowest BCUT2D eigenvalue weighted by Crippen LogP contribution is -2.47. The lowest BCUT2D eigenvalue weighted by molar-refractivity contribution is -0.120. The number of anilines is 1. The number of amides is 1. The number of carboxylic acid groups (broad SMARTS) is 1. The topological polar surface area (TPSA) is 92.4 Å². The summed E-state index contributed by atoms with van der Waals surface area (Å²) in [5, 5.41) is 11.6. The van der Waals surface area contributed by atoms with Gasteiger partial charge in [-0.3, -0.25) is 4.79 Å². The minimum Gasteiger partial charge on any atom is -0.478 e. The highest BCUT2D eigenvalue weighted by atomic mass is 16.4. The van der Waals surface area contributed by atoms with Crippen molar-refractivity contribution in [2.45, 2.75) is 32.7 Å². The maximum absolute atomic E-state index is 11.9. The second-order valence-corrected chi connectivity index (χ2v) is 4.56. The maximum atomic E-state index is 11.9. The molecule has 0 aliphatic carbocycles. The Morgan fingerprint density at radius 2 is 2.06 bits per heavy atom. The van der Waals surface area contributed by atoms with E-state index in [-0.39, 0.29) is 11.5 Å². The van der Waals surface area contributed by atoms with Crippen molar-refractivity contribution in [2.75, 3.05) is 5.32 Å². The molecule has 4 N–H and O–H groups in total. The third-order valence-corrected chi connectivity index (χ3v) is 2.99. The quantitative estimate of drug-likeness (QED) is 0.759. The first-order valence-electron chi connectivity index (χ1n) is 5.72. The van der Waals surface area contributed by atoms with Gasteiger partial charge in [0.1, 0.15) is 0 Å². The van der Waals surface area contributed by atoms with Gasteiger partial charge in [0.15, 0.2) is 0 Å². The molecule has 5 heteroatoms. The van der Waals surface area contributed by atoms with Crippen molar-refractivity contribution in [3.63, 3.8) is 0 Å². The van der Waals surface area contributed by atoms with Gasteiger partial charge in [-0.05, 0) is 38.0 Å². The first-order chi connectivity index (χ1) is 8.27. The predicted molar refractivity (Wildman–Crippen MR) is 69.7 cm³/mol. The van der Waals surface area contributed by atoms with Gasteiger partial charge in [0.25, 0.3) is 0 Å². The summed E-state index contributed by atoms with van der Waals surface area (Å²) in [4.78, 5) is 22.8. The summed E-state index contributed by atoms with van der Waals surface area (Å²) in [7, 11) is 0. The molecular formula is C13H18N2O3. The molecule has 0 fully saturated rings. The van der Waals surface area contributed by atoms with Crippen LogP contribution in [0.5, 0.6) is 0 Å². The van der Waals surface area contributed by atoms with Crippen LogP contribution >= 0.6 is 0 Å². The minimum absolute atomic E-state index is 0.131. The van der Waals surface area contributed by atoms with Gasteiger partial charge in [0, 0.05) is 5.69 Å². The van der Waals surface area contributed by atoms with E-state index in [1.807, 2.05) is 6.92 Å². The summed E-state index contributed by atoms with van der Waals surface area (Å²) >= 11 is 0. The molecule has 5 nitrogen and oxygen atoms in total. The van der Waals surface area contributed by atoms with Crippen molar-refractivity contribution >= 4 is 17.6 Å². The van der Waals surface area contributed by atoms with E-state index >= 15 is 0 Å². The zero-order valence-corrected chi connectivity index (χ0v) is 10.8. The summed E-state index contributed by atoms with van der Waals surface area (Å²) in [6, 6.07) is 4.58. The zero-order valence-electron chi connectivity index (χ0n) is 10.8. The highest BCUT2D eigenvalue weighted by molar-refractivity contribution is 5.99. The Hall–Kier alpha value is -1.88. The molecule has 1 amide bonds. The highest BCUT2D eigenvalue weighted by Gasteiger charge is 2.26. The number of benzene rings is 1. The number of hydrogen-bond acceptors (Lipinski definition) is 3. The molecule has 98 valence electrons. The molecule has 1 rings (SSSR count). The molecule has 1 atom stereocenters. The smallest absolute Gasteiger partial charge is 0.335 e. The second kappa shape index (κ2) is 5.18. The van der Waals surface area contributed by atoms with Crippen LogP contribution < -0.4 is 11.1 Å². The van der Waals surface area contributed by atoms with Gasteiger partial charge in [-0.25, -0.2) is 4.79 Å². The van der Waals surface area contributed by atoms with Gasteiger partial charge in [-0.1, -0.05) is 13.0 Å². The number of aryl methyl sites for hydroxylation is 1. The highest BCUT2D eigenvalue weighted by Crippen LogP contribution is 2.19. The van der Waals surface area contributed by atoms with Crippen molar-refractivity contribution < 1.29 is 14.7 Å². The van der Waals surface area contributed by atoms with Crippen LogP contribution in [0.1, 0.15) is 36.2 Å². The van der Waals surface area contributed by atoms with Gasteiger partial charge in [-0.2, -0.15) is 0 Å². The number of hydrogen-bond donors (Lipinski definition) is 3. The molecule has 0 saturated carbocycles. The zero-order chi connectivity index (χ0) is 13.9. The van der Waals surface area contributed by atoms with E-state index in [4.69, 9.17) is 10.8 Å². The first kappa shape index (κ1) is 14.2. The number of carbonyl (C=O) groups is 2. The van der Waals surface area contributed by atoms with Crippen LogP contribution in [0.25, 0.3) is 0 Å². The standard InChI is InChI=1S/C13H18N2O3/c1-4-13(3,14)12(18)15-10-7-9(11(16)17)6-5-8(10)2/h5-7H,4,14H2,1-3H3,(H,15,18)(H,16,17). The van der Waals surface area contributed by atoms with E-state index in [0.29, 0.717) is 12.1 Å². The Balaban J connectivity index is 3.01. The average Bonchev–Trinajstić information content (AvgIpc) is 2.31. The van der Waals surface area contributed by atoms with E-state index in [1.165, 1.54) is 12.1 Å². The van der Waals surface area contributed by atoms with Crippen LogP contribution in [0.4, 0.5) is 5.69 Å². The van der Waals surface area contributed by atoms with Crippen molar-refractivity contribution in [3.8, 4) is 0 Å². The Morgan fingerprint density at radius 1 is 1.44 bits per heavy atom. The first-order valence-corrected chi connectivity index (χ1v) is 5.72. The second-order valence-electron chi connectivity index (χ2n) is 4.56. The molecule has 0 aromatic heterocycles. The number of rotatable bonds is 4. The Bertz CT molecular complexity index is 481. The number of nitrogens with two attached hydrogens (primary N) is 1. The van der Waals surface area contributed by atoms with Crippen molar-refractivity contribution in [1.29, 1.82) is 0 Å². The van der Waals surface area contributed by atoms with Crippen LogP contribution in [0, 0.1) is 6.92 Å². The molecule has 0 aliphatic heterocycles. The van der Waals surface area contributed by atoms with Gasteiger partial charge < -0.3 is 16.2 Å². The number of carboxylic acids is 1. The van der Waals surface area contributed by atoms with E-state index in [9.17, 15) is 9.59 Å². The fourth-order valence-electron chi connectivity index (χ4n) is 1.32. The lowest BCUT2D eigenvalue weighted by atomic mass is 9.99. The normalized spacial score (nSPS) is 13.8. The number of aromatic carboxylic acids is 1. The molecular weight excluding hydrogens is 232 g/mol. The summed E-state index contributed by atoms with van der Waals surface area (Å²) in [6.45, 7) is 5.25. The van der Waals surface area contributed by atoms with Gasteiger partial charge in [0.05, 0.1) is 11.1 Å². The summed E-state index contributed by atoms with van der Waals surface area (Å²) in [5.41, 5.74) is 6.26. The molecule has 0 aliphatic rings. The van der Waals surface area contributed by atoms with Crippen LogP contribution in [-0.2, 0) is 4.79 Å². The summed E-state index contributed by atoms with van der Waals surface area (Å²) in [5.74, 6) is -1.35. The van der Waals surface area contributed by atoms with Gasteiger partial charge >= 0.3 is 5.97 Å². The van der Waals surface area contributed by atoms with E-state index < -0.39 is 11.5 Å². The molecule has 0 bridgehead atoms. The molecule has 1 aromatic rings. The monoisotopic (exact) mass is 250 g/mol. The van der Waals surface area contributed by atoms with E-state index in [1.54, 1.807) is 19.9 Å². The minimum atomic E-state index is -1.03. The molecule has 0 spiro atoms. The molecule has 0 saturated heterocycles. The Labute approximate surface area is 106 Å². The molecule has 0 heterocycles. The largest absolute Gasteiger partial charge is 0.478 e. The van der Waals surface area contributed by atoms with Crippen molar-refractivity contribution in [1.82, 2.24) is 0 Å². The molecule has 1 unspecified atom stereocenters. The third-order valence-electron chi connectivity index (χ3n) is 2.99. The van der Waals surface area contributed by atoms with Crippen LogP contribution in [0.15, 0.2) is 18.2 Å². The fourth-order valence-corrected chi connectivity index (χ4v) is 1.32. The van der Waals surface area contributed by atoms with Gasteiger partial charge in [0.2, 0.25) is 5.91 Å². The molecule has 0 radical (unpaired) electrons. The summed E-state index contributed by atoms with van der Waals surface area (Å²) < 4.78 is 0. The molecule has 18 heavy (non-hydrogen) atoms. The number of nitrogens with one attached hydrogen (secondary N) is 1. The van der Waals surface area contributed by atoms with Crippen LogP contribution in [-0.4, -0.2) is 22.5 Å². The number of carbonyl (C=O) groups excluding carboxylic acids is 1. The van der Waals surface area contributed by atoms with Gasteiger partial charge in [-0.15, -0.1) is 0 Å². The van der Waals surface area contributed by atoms with Crippen LogP contribution in [0.3, 0.4) is 0 Å². The van der Waals surface area contributed by atoms with Crippen LogP contribution in [0.2, 0.25) is 0 Å². The van der Waals surface area contributed by atoms with Crippen molar-refractivity contribution in [2.24, 2.45) is 5.73 Å². The predicted octanol–water partition coefficient (Wildman–Crippen LogP) is 1.76. The van der Waals surface area contributed by atoms with E-state index in [2.05, 4.69) is 5.32 Å². The third kappa shape index (κ3) is 3.07. The lowest BCUT2D eigenvalue weighted by Gasteiger charge is -2.22. The summed E-state index contributed by atoms with van der Waals surface area (Å²) in [6.07, 6.45) is 0.497. The van der Waals surface area contributed by atoms with E-state index in [0.717, 1.165) is 5.56 Å². The fraction of sp³-hybridized carbons (Fsp3) is 0.385. The Kier molecular flexibility index (Phi) is 4.08. The molecule has 1 aromatic carbocycles. The SMILES string of the molecule is CCC(C)(N)C(=O)Nc1cc(C(=O)O)ccc1C. The average molecular weight is 250 g/mol. The Morgan fingerprint density at radius 3 is 2.56 bits per heavy atom.